The van der Waals surface area contributed by atoms with Gasteiger partial charge in [-0.3, -0.25) is 4.18 Å². The highest BCUT2D eigenvalue weighted by Crippen LogP contribution is 2.21. The zero-order valence-corrected chi connectivity index (χ0v) is 17.9. The Labute approximate surface area is 169 Å². The van der Waals surface area contributed by atoms with Crippen LogP contribution in [0.4, 0.5) is 0 Å². The Balaban J connectivity index is 1.91. The lowest BCUT2D eigenvalue weighted by molar-refractivity contribution is 0.0835. The summed E-state index contributed by atoms with van der Waals surface area (Å²) in [5.41, 5.74) is 2.13. The van der Waals surface area contributed by atoms with Gasteiger partial charge in [0.05, 0.1) is 23.7 Å². The van der Waals surface area contributed by atoms with E-state index in [1.54, 1.807) is 24.3 Å². The molecule has 2 aromatic rings. The minimum absolute atomic E-state index is 0.0606. The van der Waals surface area contributed by atoms with Gasteiger partial charge >= 0.3 is 0 Å². The SMILES string of the molecule is Cc1ccc(S(=O)(=O)O[C@H](C/C=C\[C@H](C)OCc2ccccc2)C(C)C)cc1. The molecule has 0 aliphatic heterocycles. The number of ether oxygens (including phenoxy) is 1. The van der Waals surface area contributed by atoms with Gasteiger partial charge in [0.15, 0.2) is 0 Å². The lowest BCUT2D eigenvalue weighted by Crippen LogP contribution is -2.23. The van der Waals surface area contributed by atoms with Crippen molar-refractivity contribution in [2.75, 3.05) is 0 Å². The molecule has 0 radical (unpaired) electrons. The fourth-order valence-electron chi connectivity index (χ4n) is 2.61. The van der Waals surface area contributed by atoms with Crippen LogP contribution in [0, 0.1) is 12.8 Å². The van der Waals surface area contributed by atoms with Crippen LogP contribution in [0.3, 0.4) is 0 Å². The quantitative estimate of drug-likeness (QED) is 0.401. The third-order valence-corrected chi connectivity index (χ3v) is 5.78. The van der Waals surface area contributed by atoms with Crippen molar-refractivity contribution in [1.82, 2.24) is 0 Å². The van der Waals surface area contributed by atoms with E-state index in [2.05, 4.69) is 0 Å². The predicted octanol–water partition coefficient (Wildman–Crippen LogP) is 5.28. The molecule has 0 aliphatic rings. The molecule has 0 bridgehead atoms. The molecular formula is C23H30O4S. The van der Waals surface area contributed by atoms with E-state index in [9.17, 15) is 8.42 Å². The molecular weight excluding hydrogens is 372 g/mol. The molecule has 5 heteroatoms. The Bertz CT molecular complexity index is 840. The van der Waals surface area contributed by atoms with Crippen LogP contribution in [0.5, 0.6) is 0 Å². The molecule has 152 valence electrons. The van der Waals surface area contributed by atoms with E-state index in [-0.39, 0.29) is 16.9 Å². The molecule has 28 heavy (non-hydrogen) atoms. The van der Waals surface area contributed by atoms with E-state index >= 15 is 0 Å². The average molecular weight is 403 g/mol. The first-order chi connectivity index (χ1) is 13.3. The van der Waals surface area contributed by atoms with E-state index in [1.807, 2.05) is 70.2 Å². The van der Waals surface area contributed by atoms with E-state index < -0.39 is 16.2 Å². The fourth-order valence-corrected chi connectivity index (χ4v) is 3.81. The summed E-state index contributed by atoms with van der Waals surface area (Å²) in [5.74, 6) is 0.0606. The number of hydrogen-bond donors (Lipinski definition) is 0. The summed E-state index contributed by atoms with van der Waals surface area (Å²) >= 11 is 0. The van der Waals surface area contributed by atoms with Gasteiger partial charge in [-0.2, -0.15) is 8.42 Å². The monoisotopic (exact) mass is 402 g/mol. The highest BCUT2D eigenvalue weighted by atomic mass is 32.2. The van der Waals surface area contributed by atoms with Crippen molar-refractivity contribution < 1.29 is 17.3 Å². The van der Waals surface area contributed by atoms with Gasteiger partial charge in [0.25, 0.3) is 10.1 Å². The first-order valence-electron chi connectivity index (χ1n) is 9.60. The lowest BCUT2D eigenvalue weighted by atomic mass is 10.0. The molecule has 0 unspecified atom stereocenters. The number of rotatable bonds is 10. The van der Waals surface area contributed by atoms with Crippen molar-refractivity contribution in [3.63, 3.8) is 0 Å². The zero-order valence-electron chi connectivity index (χ0n) is 17.0. The van der Waals surface area contributed by atoms with Gasteiger partial charge in [-0.05, 0) is 43.9 Å². The second-order valence-electron chi connectivity index (χ2n) is 7.31. The highest BCUT2D eigenvalue weighted by molar-refractivity contribution is 7.86. The maximum atomic E-state index is 12.5. The van der Waals surface area contributed by atoms with Gasteiger partial charge in [-0.1, -0.05) is 74.0 Å². The van der Waals surface area contributed by atoms with Crippen molar-refractivity contribution in [3.8, 4) is 0 Å². The smallest absolute Gasteiger partial charge is 0.297 e. The average Bonchev–Trinajstić information content (AvgIpc) is 2.66. The van der Waals surface area contributed by atoms with Gasteiger partial charge in [-0.15, -0.1) is 0 Å². The summed E-state index contributed by atoms with van der Waals surface area (Å²) in [6, 6.07) is 16.7. The predicted molar refractivity (Wildman–Crippen MR) is 113 cm³/mol. The Kier molecular flexibility index (Phi) is 8.42. The molecule has 0 saturated heterocycles. The van der Waals surface area contributed by atoms with E-state index in [0.717, 1.165) is 11.1 Å². The first kappa shape index (κ1) is 22.3. The van der Waals surface area contributed by atoms with Crippen LogP contribution < -0.4 is 0 Å². The van der Waals surface area contributed by atoms with Crippen molar-refractivity contribution in [1.29, 1.82) is 0 Å². The summed E-state index contributed by atoms with van der Waals surface area (Å²) in [6.45, 7) is 8.34. The Morgan fingerprint density at radius 3 is 2.21 bits per heavy atom. The van der Waals surface area contributed by atoms with Crippen LogP contribution in [0.2, 0.25) is 0 Å². The minimum atomic E-state index is -3.78. The molecule has 0 fully saturated rings. The van der Waals surface area contributed by atoms with E-state index in [1.165, 1.54) is 0 Å². The minimum Gasteiger partial charge on any atom is -0.370 e. The van der Waals surface area contributed by atoms with Crippen LogP contribution in [0.15, 0.2) is 71.6 Å². The second-order valence-corrected chi connectivity index (χ2v) is 8.88. The molecule has 0 aromatic heterocycles. The fraction of sp³-hybridized carbons (Fsp3) is 0.391. The maximum Gasteiger partial charge on any atom is 0.297 e. The second kappa shape index (κ2) is 10.6. The van der Waals surface area contributed by atoms with Crippen LogP contribution in [-0.2, 0) is 25.6 Å². The number of benzene rings is 2. The molecule has 0 saturated carbocycles. The Morgan fingerprint density at radius 2 is 1.61 bits per heavy atom. The molecule has 0 heterocycles. The zero-order chi connectivity index (χ0) is 20.6. The van der Waals surface area contributed by atoms with Crippen molar-refractivity contribution in [2.45, 2.75) is 57.8 Å². The van der Waals surface area contributed by atoms with Crippen molar-refractivity contribution >= 4 is 10.1 Å². The molecule has 0 spiro atoms. The summed E-state index contributed by atoms with van der Waals surface area (Å²) in [7, 11) is -3.78. The Hall–Kier alpha value is -1.95. The number of hydrogen-bond acceptors (Lipinski definition) is 4. The maximum absolute atomic E-state index is 12.5. The standard InChI is InChI=1S/C23H30O4S/c1-18(2)23(27-28(24,25)22-15-13-19(3)14-16-22)12-8-9-20(4)26-17-21-10-6-5-7-11-21/h5-11,13-16,18,20,23H,12,17H2,1-4H3/b9-8-/t20-,23+/m0/s1. The summed E-state index contributed by atoms with van der Waals surface area (Å²) < 4.78 is 36.4. The highest BCUT2D eigenvalue weighted by Gasteiger charge is 2.23. The first-order valence-corrected chi connectivity index (χ1v) is 11.0. The summed E-state index contributed by atoms with van der Waals surface area (Å²) in [6.07, 6.45) is 3.89. The summed E-state index contributed by atoms with van der Waals surface area (Å²) in [4.78, 5) is 0.187. The van der Waals surface area contributed by atoms with Crippen LogP contribution in [0.1, 0.15) is 38.3 Å². The molecule has 2 aromatic carbocycles. The van der Waals surface area contributed by atoms with Gasteiger partial charge in [-0.25, -0.2) is 0 Å². The summed E-state index contributed by atoms with van der Waals surface area (Å²) in [5, 5.41) is 0. The Morgan fingerprint density at radius 1 is 0.964 bits per heavy atom. The third kappa shape index (κ3) is 7.23. The molecule has 0 N–H and O–H groups in total. The van der Waals surface area contributed by atoms with Crippen LogP contribution in [-0.4, -0.2) is 20.6 Å². The van der Waals surface area contributed by atoms with E-state index in [4.69, 9.17) is 8.92 Å². The molecule has 2 atom stereocenters. The lowest BCUT2D eigenvalue weighted by Gasteiger charge is -2.20. The van der Waals surface area contributed by atoms with Crippen molar-refractivity contribution in [2.24, 2.45) is 5.92 Å². The topological polar surface area (TPSA) is 52.6 Å². The largest absolute Gasteiger partial charge is 0.370 e. The number of aryl methyl sites for hydroxylation is 1. The molecule has 2 rings (SSSR count). The van der Waals surface area contributed by atoms with Gasteiger partial charge in [0.2, 0.25) is 0 Å². The third-order valence-electron chi connectivity index (χ3n) is 4.43. The molecule has 0 aliphatic carbocycles. The van der Waals surface area contributed by atoms with Gasteiger partial charge < -0.3 is 4.74 Å². The van der Waals surface area contributed by atoms with E-state index in [0.29, 0.717) is 13.0 Å². The van der Waals surface area contributed by atoms with Gasteiger partial charge in [0, 0.05) is 0 Å². The normalized spacial score (nSPS) is 14.5. The van der Waals surface area contributed by atoms with Crippen LogP contribution >= 0.6 is 0 Å². The van der Waals surface area contributed by atoms with Crippen molar-refractivity contribution in [3.05, 3.63) is 77.9 Å². The van der Waals surface area contributed by atoms with Crippen LogP contribution in [0.25, 0.3) is 0 Å². The van der Waals surface area contributed by atoms with Gasteiger partial charge in [0.1, 0.15) is 0 Å². The molecule has 0 amide bonds. The molecule has 4 nitrogen and oxygen atoms in total.